The number of rotatable bonds is 5. The molecule has 0 aromatic carbocycles. The van der Waals surface area contributed by atoms with Crippen molar-refractivity contribution < 1.29 is 9.53 Å². The molecule has 3 atom stereocenters. The van der Waals surface area contributed by atoms with E-state index in [0.717, 1.165) is 31.2 Å². The van der Waals surface area contributed by atoms with Crippen LogP contribution in [0.2, 0.25) is 0 Å². The second kappa shape index (κ2) is 6.96. The Morgan fingerprint density at radius 2 is 2.21 bits per heavy atom. The first kappa shape index (κ1) is 15.7. The molecule has 2 aromatic rings. The first-order valence-electron chi connectivity index (χ1n) is 8.20. The monoisotopic (exact) mass is 344 g/mol. The molecule has 4 heterocycles. The first-order chi connectivity index (χ1) is 11.8. The van der Waals surface area contributed by atoms with Crippen LogP contribution in [-0.2, 0) is 11.3 Å². The van der Waals surface area contributed by atoms with Crippen molar-refractivity contribution in [1.82, 2.24) is 20.2 Å². The van der Waals surface area contributed by atoms with E-state index < -0.39 is 0 Å². The maximum Gasteiger partial charge on any atom is 0.251 e. The number of nitrogens with one attached hydrogen (secondary N) is 1. The highest BCUT2D eigenvalue weighted by Gasteiger charge is 2.43. The fraction of sp³-hybridized carbons (Fsp3) is 0.471. The Labute approximate surface area is 144 Å². The van der Waals surface area contributed by atoms with Crippen LogP contribution in [0, 0.1) is 11.8 Å². The van der Waals surface area contributed by atoms with Gasteiger partial charge in [-0.1, -0.05) is 0 Å². The highest BCUT2D eigenvalue weighted by atomic mass is 32.1. The van der Waals surface area contributed by atoms with E-state index in [9.17, 15) is 4.79 Å². The summed E-state index contributed by atoms with van der Waals surface area (Å²) in [6, 6.07) is 3.46. The number of amides is 1. The maximum atomic E-state index is 12.2. The Balaban J connectivity index is 1.30. The Bertz CT molecular complexity index is 679. The number of pyridine rings is 1. The van der Waals surface area contributed by atoms with Crippen molar-refractivity contribution in [2.75, 3.05) is 26.2 Å². The smallest absolute Gasteiger partial charge is 0.251 e. The number of carbonyl (C=O) groups excluding carboxylic acids is 1. The number of carbonyl (C=O) groups is 1. The van der Waals surface area contributed by atoms with E-state index in [1.165, 1.54) is 0 Å². The highest BCUT2D eigenvalue weighted by Crippen LogP contribution is 2.34. The molecule has 0 saturated carbocycles. The van der Waals surface area contributed by atoms with Crippen molar-refractivity contribution in [3.63, 3.8) is 0 Å². The molecule has 7 heteroatoms. The molecule has 2 fully saturated rings. The summed E-state index contributed by atoms with van der Waals surface area (Å²) in [5, 5.41) is 6.20. The fourth-order valence-electron chi connectivity index (χ4n) is 3.57. The van der Waals surface area contributed by atoms with Gasteiger partial charge in [-0.05, 0) is 12.1 Å². The number of thiazole rings is 1. The molecular weight excluding hydrogens is 324 g/mol. The van der Waals surface area contributed by atoms with Crippen LogP contribution in [0.3, 0.4) is 0 Å². The van der Waals surface area contributed by atoms with Crippen LogP contribution in [0.5, 0.6) is 0 Å². The summed E-state index contributed by atoms with van der Waals surface area (Å²) in [5.74, 6) is 0.822. The van der Waals surface area contributed by atoms with E-state index in [4.69, 9.17) is 4.74 Å². The van der Waals surface area contributed by atoms with Gasteiger partial charge in [0.25, 0.3) is 5.91 Å². The minimum atomic E-state index is -0.0431. The van der Waals surface area contributed by atoms with E-state index >= 15 is 0 Å². The van der Waals surface area contributed by atoms with Crippen LogP contribution in [-0.4, -0.2) is 53.1 Å². The minimum Gasteiger partial charge on any atom is -0.376 e. The summed E-state index contributed by atoms with van der Waals surface area (Å²) >= 11 is 1.69. The van der Waals surface area contributed by atoms with Gasteiger partial charge in [0, 0.05) is 61.0 Å². The molecule has 2 aliphatic heterocycles. The molecular formula is C17H20N4O2S. The Morgan fingerprint density at radius 3 is 3.00 bits per heavy atom. The second-order valence-electron chi connectivity index (χ2n) is 6.36. The standard InChI is InChI=1S/C17H20N4O2S/c22-17(12-1-3-18-4-2-12)20-7-13-11-23-15-9-21(8-14(13)15)10-16-19-5-6-24-16/h1-6,13-15H,7-11H2,(H,20,22)/t13-,14+,15+/m0/s1. The number of hydrogen-bond donors (Lipinski definition) is 1. The van der Waals surface area contributed by atoms with Gasteiger partial charge in [0.05, 0.1) is 19.3 Å². The fourth-order valence-corrected chi connectivity index (χ4v) is 4.23. The van der Waals surface area contributed by atoms with E-state index in [0.29, 0.717) is 23.9 Å². The van der Waals surface area contributed by atoms with Gasteiger partial charge in [-0.25, -0.2) is 4.98 Å². The van der Waals surface area contributed by atoms with Crippen molar-refractivity contribution in [3.8, 4) is 0 Å². The number of ether oxygens (including phenoxy) is 1. The van der Waals surface area contributed by atoms with Crippen LogP contribution >= 0.6 is 11.3 Å². The molecule has 24 heavy (non-hydrogen) atoms. The number of aromatic nitrogens is 2. The van der Waals surface area contributed by atoms with Gasteiger partial charge >= 0.3 is 0 Å². The van der Waals surface area contributed by atoms with Gasteiger partial charge in [-0.2, -0.15) is 0 Å². The minimum absolute atomic E-state index is 0.0431. The molecule has 0 radical (unpaired) electrons. The quantitative estimate of drug-likeness (QED) is 0.888. The third-order valence-corrected chi connectivity index (χ3v) is 5.59. The highest BCUT2D eigenvalue weighted by molar-refractivity contribution is 7.09. The van der Waals surface area contributed by atoms with E-state index in [-0.39, 0.29) is 12.0 Å². The molecule has 126 valence electrons. The predicted molar refractivity (Wildman–Crippen MR) is 90.7 cm³/mol. The van der Waals surface area contributed by atoms with Crippen molar-refractivity contribution in [3.05, 3.63) is 46.7 Å². The number of likely N-dealkylation sites (tertiary alicyclic amines) is 1. The van der Waals surface area contributed by atoms with Gasteiger partial charge in [0.2, 0.25) is 0 Å². The molecule has 0 spiro atoms. The van der Waals surface area contributed by atoms with Crippen molar-refractivity contribution in [1.29, 1.82) is 0 Å². The average Bonchev–Trinajstić information content (AvgIpc) is 3.32. The van der Waals surface area contributed by atoms with Crippen molar-refractivity contribution in [2.24, 2.45) is 11.8 Å². The SMILES string of the molecule is O=C(NC[C@H]1CO[C@@H]2CN(Cc3nccs3)C[C@H]12)c1ccncc1. The zero-order valence-electron chi connectivity index (χ0n) is 13.3. The van der Waals surface area contributed by atoms with Crippen molar-refractivity contribution in [2.45, 2.75) is 12.6 Å². The number of hydrogen-bond acceptors (Lipinski definition) is 6. The first-order valence-corrected chi connectivity index (χ1v) is 9.08. The summed E-state index contributed by atoms with van der Waals surface area (Å²) in [5.41, 5.74) is 0.650. The van der Waals surface area contributed by atoms with Crippen LogP contribution < -0.4 is 5.32 Å². The van der Waals surface area contributed by atoms with Crippen LogP contribution in [0.15, 0.2) is 36.1 Å². The summed E-state index contributed by atoms with van der Waals surface area (Å²) in [4.78, 5) is 22.9. The summed E-state index contributed by atoms with van der Waals surface area (Å²) < 4.78 is 5.96. The van der Waals surface area contributed by atoms with Crippen molar-refractivity contribution >= 4 is 17.2 Å². The number of fused-ring (bicyclic) bond motifs is 1. The van der Waals surface area contributed by atoms with E-state index in [1.54, 1.807) is 35.9 Å². The topological polar surface area (TPSA) is 67.3 Å². The summed E-state index contributed by atoms with van der Waals surface area (Å²) in [6.45, 7) is 4.26. The number of nitrogens with zero attached hydrogens (tertiary/aromatic N) is 3. The lowest BCUT2D eigenvalue weighted by atomic mass is 9.93. The molecule has 6 nitrogen and oxygen atoms in total. The zero-order chi connectivity index (χ0) is 16.4. The summed E-state index contributed by atoms with van der Waals surface area (Å²) in [7, 11) is 0. The normalized spacial score (nSPS) is 26.4. The molecule has 2 aliphatic rings. The Morgan fingerprint density at radius 1 is 1.33 bits per heavy atom. The molecule has 1 amide bonds. The molecule has 2 saturated heterocycles. The average molecular weight is 344 g/mol. The Hall–Kier alpha value is -1.83. The van der Waals surface area contributed by atoms with Gasteiger partial charge in [-0.3, -0.25) is 14.7 Å². The molecule has 0 bridgehead atoms. The molecule has 4 rings (SSSR count). The van der Waals surface area contributed by atoms with Crippen LogP contribution in [0.4, 0.5) is 0 Å². The van der Waals surface area contributed by atoms with Gasteiger partial charge < -0.3 is 10.1 Å². The molecule has 1 N–H and O–H groups in total. The molecule has 0 unspecified atom stereocenters. The molecule has 2 aromatic heterocycles. The Kier molecular flexibility index (Phi) is 4.55. The third-order valence-electron chi connectivity index (χ3n) is 4.82. The van der Waals surface area contributed by atoms with Crippen LogP contribution in [0.1, 0.15) is 15.4 Å². The summed E-state index contributed by atoms with van der Waals surface area (Å²) in [6.07, 6.45) is 5.41. The lowest BCUT2D eigenvalue weighted by Gasteiger charge is -2.19. The predicted octanol–water partition coefficient (Wildman–Crippen LogP) is 1.41. The lowest BCUT2D eigenvalue weighted by Crippen LogP contribution is -2.34. The van der Waals surface area contributed by atoms with E-state index in [1.807, 2.05) is 11.6 Å². The third kappa shape index (κ3) is 3.33. The van der Waals surface area contributed by atoms with Gasteiger partial charge in [0.1, 0.15) is 5.01 Å². The lowest BCUT2D eigenvalue weighted by molar-refractivity contribution is 0.0903. The van der Waals surface area contributed by atoms with E-state index in [2.05, 4.69) is 20.2 Å². The van der Waals surface area contributed by atoms with Gasteiger partial charge in [-0.15, -0.1) is 11.3 Å². The zero-order valence-corrected chi connectivity index (χ0v) is 14.1. The second-order valence-corrected chi connectivity index (χ2v) is 7.34. The maximum absolute atomic E-state index is 12.2. The largest absolute Gasteiger partial charge is 0.376 e. The van der Waals surface area contributed by atoms with Gasteiger partial charge in [0.15, 0.2) is 0 Å². The molecule has 0 aliphatic carbocycles. The van der Waals surface area contributed by atoms with Crippen LogP contribution in [0.25, 0.3) is 0 Å².